The van der Waals surface area contributed by atoms with Crippen LogP contribution in [0.1, 0.15) is 17.0 Å². The zero-order chi connectivity index (χ0) is 20.6. The molecule has 0 unspecified atom stereocenters. The zero-order valence-corrected chi connectivity index (χ0v) is 15.7. The molecule has 1 N–H and O–H groups in total. The van der Waals surface area contributed by atoms with Crippen LogP contribution in [0.2, 0.25) is 0 Å². The van der Waals surface area contributed by atoms with E-state index in [2.05, 4.69) is 0 Å². The van der Waals surface area contributed by atoms with Gasteiger partial charge in [-0.3, -0.25) is 29.4 Å². The second kappa shape index (κ2) is 7.31. The number of imide groups is 1. The summed E-state index contributed by atoms with van der Waals surface area (Å²) in [4.78, 5) is 46.2. The summed E-state index contributed by atoms with van der Waals surface area (Å²) < 4.78 is 1.87. The Labute approximate surface area is 163 Å². The number of rotatable bonds is 5. The molecule has 9 nitrogen and oxygen atoms in total. The molecule has 1 aromatic heterocycles. The number of hydrogen-bond acceptors (Lipinski definition) is 6. The molecule has 144 valence electrons. The fourth-order valence-corrected chi connectivity index (χ4v) is 3.80. The Bertz CT molecular complexity index is 1040. The molecule has 2 amide bonds. The van der Waals surface area contributed by atoms with Gasteiger partial charge in [0.15, 0.2) is 0 Å². The summed E-state index contributed by atoms with van der Waals surface area (Å²) in [5.41, 5.74) is 3.01. The number of nitro groups is 1. The minimum absolute atomic E-state index is 0.0152. The summed E-state index contributed by atoms with van der Waals surface area (Å²) >= 11 is 0.694. The van der Waals surface area contributed by atoms with Crippen molar-refractivity contribution >= 4 is 40.6 Å². The van der Waals surface area contributed by atoms with Gasteiger partial charge in [-0.25, -0.2) is 0 Å². The van der Waals surface area contributed by atoms with Crippen molar-refractivity contribution < 1.29 is 24.4 Å². The number of carbonyl (C=O) groups excluding carboxylic acids is 2. The Morgan fingerprint density at radius 3 is 2.46 bits per heavy atom. The van der Waals surface area contributed by atoms with E-state index < -0.39 is 28.6 Å². The SMILES string of the molecule is Cc1cc(/C=C2\SC(=O)N(CC(=O)O)C2=O)c(C)n1-c1ccc([N+](=O)[O-])cc1. The number of aliphatic carboxylic acids is 1. The lowest BCUT2D eigenvalue weighted by Gasteiger charge is -2.09. The largest absolute Gasteiger partial charge is 0.480 e. The lowest BCUT2D eigenvalue weighted by atomic mass is 10.2. The summed E-state index contributed by atoms with van der Waals surface area (Å²) in [5, 5.41) is 19.0. The van der Waals surface area contributed by atoms with Gasteiger partial charge in [-0.15, -0.1) is 0 Å². The molecule has 0 atom stereocenters. The highest BCUT2D eigenvalue weighted by atomic mass is 32.2. The number of amides is 2. The molecule has 1 aliphatic heterocycles. The standard InChI is InChI=1S/C18H15N3O6S/c1-10-7-12(8-15-17(24)19(9-16(22)23)18(25)28-15)11(2)20(10)13-3-5-14(6-4-13)21(26)27/h3-8H,9H2,1-2H3,(H,22,23)/b15-8-. The lowest BCUT2D eigenvalue weighted by molar-refractivity contribution is -0.384. The van der Waals surface area contributed by atoms with Crippen molar-refractivity contribution in [2.24, 2.45) is 0 Å². The van der Waals surface area contributed by atoms with Crippen LogP contribution in [0, 0.1) is 24.0 Å². The highest BCUT2D eigenvalue weighted by Gasteiger charge is 2.36. The molecule has 3 rings (SSSR count). The second-order valence-electron chi connectivity index (χ2n) is 6.10. The predicted molar refractivity (Wildman–Crippen MR) is 102 cm³/mol. The van der Waals surface area contributed by atoms with E-state index in [1.165, 1.54) is 12.1 Å². The first-order valence-electron chi connectivity index (χ1n) is 8.10. The zero-order valence-electron chi connectivity index (χ0n) is 14.9. The molecule has 0 bridgehead atoms. The summed E-state index contributed by atoms with van der Waals surface area (Å²) in [6.07, 6.45) is 1.55. The van der Waals surface area contributed by atoms with E-state index in [1.54, 1.807) is 18.2 Å². The topological polar surface area (TPSA) is 123 Å². The van der Waals surface area contributed by atoms with Crippen LogP contribution in [0.15, 0.2) is 35.2 Å². The second-order valence-corrected chi connectivity index (χ2v) is 7.09. The fourth-order valence-electron chi connectivity index (χ4n) is 2.97. The van der Waals surface area contributed by atoms with Gasteiger partial charge in [-0.2, -0.15) is 0 Å². The summed E-state index contributed by atoms with van der Waals surface area (Å²) in [7, 11) is 0. The van der Waals surface area contributed by atoms with Crippen molar-refractivity contribution in [3.63, 3.8) is 0 Å². The highest BCUT2D eigenvalue weighted by molar-refractivity contribution is 8.18. The van der Waals surface area contributed by atoms with Gasteiger partial charge in [-0.1, -0.05) is 0 Å². The van der Waals surface area contributed by atoms with E-state index in [9.17, 15) is 24.5 Å². The normalized spacial score (nSPS) is 15.5. The minimum Gasteiger partial charge on any atom is -0.480 e. The third-order valence-corrected chi connectivity index (χ3v) is 5.15. The molecule has 0 aliphatic carbocycles. The van der Waals surface area contributed by atoms with Crippen LogP contribution < -0.4 is 0 Å². The Morgan fingerprint density at radius 1 is 1.25 bits per heavy atom. The number of carbonyl (C=O) groups is 3. The first-order valence-corrected chi connectivity index (χ1v) is 8.91. The Hall–Kier alpha value is -3.40. The molecular weight excluding hydrogens is 386 g/mol. The minimum atomic E-state index is -1.26. The highest BCUT2D eigenvalue weighted by Crippen LogP contribution is 2.33. The molecular formula is C18H15N3O6S. The van der Waals surface area contributed by atoms with Crippen LogP contribution >= 0.6 is 11.8 Å². The summed E-state index contributed by atoms with van der Waals surface area (Å²) in [5.74, 6) is -1.91. The maximum absolute atomic E-state index is 12.3. The number of benzene rings is 1. The van der Waals surface area contributed by atoms with Crippen molar-refractivity contribution in [2.45, 2.75) is 13.8 Å². The van der Waals surface area contributed by atoms with Gasteiger partial charge < -0.3 is 9.67 Å². The molecule has 1 fully saturated rings. The first-order chi connectivity index (χ1) is 13.2. The van der Waals surface area contributed by atoms with E-state index in [-0.39, 0.29) is 10.6 Å². The van der Waals surface area contributed by atoms with Crippen LogP contribution in [-0.4, -0.2) is 43.2 Å². The van der Waals surface area contributed by atoms with Gasteiger partial charge >= 0.3 is 5.97 Å². The molecule has 2 aromatic rings. The number of nitro benzene ring substituents is 1. The van der Waals surface area contributed by atoms with Crippen molar-refractivity contribution in [1.82, 2.24) is 9.47 Å². The molecule has 1 aromatic carbocycles. The molecule has 0 radical (unpaired) electrons. The number of aryl methyl sites for hydroxylation is 1. The summed E-state index contributed by atoms with van der Waals surface area (Å²) in [6, 6.07) is 7.89. The monoisotopic (exact) mass is 401 g/mol. The number of carboxylic acid groups (broad SMARTS) is 1. The number of hydrogen-bond donors (Lipinski definition) is 1. The maximum Gasteiger partial charge on any atom is 0.323 e. The summed E-state index contributed by atoms with van der Waals surface area (Å²) in [6.45, 7) is 2.99. The Kier molecular flexibility index (Phi) is 5.06. The van der Waals surface area contributed by atoms with Gasteiger partial charge in [-0.05, 0) is 55.4 Å². The van der Waals surface area contributed by atoms with E-state index in [0.29, 0.717) is 22.2 Å². The number of carboxylic acids is 1. The smallest absolute Gasteiger partial charge is 0.323 e. The van der Waals surface area contributed by atoms with Crippen LogP contribution in [0.3, 0.4) is 0 Å². The average Bonchev–Trinajstić information content (AvgIpc) is 3.05. The lowest BCUT2D eigenvalue weighted by Crippen LogP contribution is -2.33. The average molecular weight is 401 g/mol. The third-order valence-electron chi connectivity index (χ3n) is 4.24. The number of thioether (sulfide) groups is 1. The van der Waals surface area contributed by atoms with E-state index in [0.717, 1.165) is 17.1 Å². The molecule has 0 spiro atoms. The fraction of sp³-hybridized carbons (Fsp3) is 0.167. The van der Waals surface area contributed by atoms with E-state index in [4.69, 9.17) is 5.11 Å². The van der Waals surface area contributed by atoms with Gasteiger partial charge in [0.2, 0.25) is 0 Å². The van der Waals surface area contributed by atoms with Gasteiger partial charge in [0.25, 0.3) is 16.8 Å². The van der Waals surface area contributed by atoms with Crippen LogP contribution in [0.5, 0.6) is 0 Å². The first kappa shape index (κ1) is 19.4. The molecule has 2 heterocycles. The number of aromatic nitrogens is 1. The van der Waals surface area contributed by atoms with E-state index >= 15 is 0 Å². The maximum atomic E-state index is 12.3. The Morgan fingerprint density at radius 2 is 1.89 bits per heavy atom. The quantitative estimate of drug-likeness (QED) is 0.464. The molecule has 1 saturated heterocycles. The van der Waals surface area contributed by atoms with Gasteiger partial charge in [0, 0.05) is 29.2 Å². The molecule has 1 aliphatic rings. The van der Waals surface area contributed by atoms with Gasteiger partial charge in [0.1, 0.15) is 6.54 Å². The van der Waals surface area contributed by atoms with Crippen LogP contribution in [0.25, 0.3) is 11.8 Å². The van der Waals surface area contributed by atoms with Crippen LogP contribution in [-0.2, 0) is 9.59 Å². The van der Waals surface area contributed by atoms with Crippen molar-refractivity contribution in [1.29, 1.82) is 0 Å². The molecule has 10 heteroatoms. The van der Waals surface area contributed by atoms with Crippen LogP contribution in [0.4, 0.5) is 10.5 Å². The molecule has 28 heavy (non-hydrogen) atoms. The van der Waals surface area contributed by atoms with Gasteiger partial charge in [0.05, 0.1) is 9.83 Å². The van der Waals surface area contributed by atoms with Crippen molar-refractivity contribution in [3.8, 4) is 5.69 Å². The number of nitrogens with zero attached hydrogens (tertiary/aromatic N) is 3. The predicted octanol–water partition coefficient (Wildman–Crippen LogP) is 3.12. The van der Waals surface area contributed by atoms with E-state index in [1.807, 2.05) is 24.5 Å². The number of non-ortho nitro benzene ring substituents is 1. The Balaban J connectivity index is 1.95. The van der Waals surface area contributed by atoms with Crippen molar-refractivity contribution in [2.75, 3.05) is 6.54 Å². The third kappa shape index (κ3) is 3.54. The van der Waals surface area contributed by atoms with Crippen molar-refractivity contribution in [3.05, 3.63) is 62.3 Å². The molecule has 0 saturated carbocycles.